The minimum absolute atomic E-state index is 0.0487. The highest BCUT2D eigenvalue weighted by Crippen LogP contribution is 2.33. The van der Waals surface area contributed by atoms with Crippen molar-refractivity contribution in [3.8, 4) is 0 Å². The van der Waals surface area contributed by atoms with Crippen LogP contribution >= 0.6 is 0 Å². The fraction of sp³-hybridized carbons (Fsp3) is 0.556. The quantitative estimate of drug-likeness (QED) is 0.407. The smallest absolute Gasteiger partial charge is 0.342 e. The first-order valence-corrected chi connectivity index (χ1v) is 8.21. The molecule has 0 amide bonds. The molecule has 6 heteroatoms. The van der Waals surface area contributed by atoms with Crippen molar-refractivity contribution in [2.24, 2.45) is 0 Å². The number of hydrogen-bond donors (Lipinski definition) is 1. The highest BCUT2D eigenvalue weighted by molar-refractivity contribution is 5.90. The fourth-order valence-corrected chi connectivity index (χ4v) is 3.47. The third kappa shape index (κ3) is 2.80. The number of carbonyl (C=O) groups excluding carboxylic acids is 2. The SMILES string of the molecule is C=C1C/C(=C/C)C(=O)O[C@@H]2CCN3CC=C(COC(=O)[C@]1(C)O)C23. The molecule has 3 aliphatic heterocycles. The van der Waals surface area contributed by atoms with E-state index < -0.39 is 17.5 Å². The summed E-state index contributed by atoms with van der Waals surface area (Å²) in [6.07, 6.45) is 4.23. The molecule has 3 heterocycles. The van der Waals surface area contributed by atoms with E-state index in [1.807, 2.05) is 6.08 Å². The summed E-state index contributed by atoms with van der Waals surface area (Å²) in [7, 11) is 0. The van der Waals surface area contributed by atoms with E-state index in [0.29, 0.717) is 5.57 Å². The molecule has 3 rings (SSSR count). The molecule has 0 aromatic rings. The average molecular weight is 333 g/mol. The molecule has 2 fully saturated rings. The monoisotopic (exact) mass is 333 g/mol. The molecule has 130 valence electrons. The van der Waals surface area contributed by atoms with Crippen molar-refractivity contribution in [2.45, 2.75) is 44.4 Å². The molecule has 0 saturated carbocycles. The second-order valence-electron chi connectivity index (χ2n) is 6.69. The minimum Gasteiger partial charge on any atom is -0.459 e. The fourth-order valence-electron chi connectivity index (χ4n) is 3.47. The standard InChI is InChI=1S/C18H23NO5/c1-4-12-9-11(2)18(3,22)17(21)23-10-13-5-7-19-8-6-14(15(13)19)24-16(12)20/h4-5,14-15,22H,2,6-10H2,1,3H3/b12-4-/t14-,15?,18-/m1/s1. The first kappa shape index (κ1) is 16.9. The molecule has 0 aliphatic carbocycles. The van der Waals surface area contributed by atoms with Crippen LogP contribution in [0.3, 0.4) is 0 Å². The lowest BCUT2D eigenvalue weighted by atomic mass is 9.91. The molecule has 3 atom stereocenters. The van der Waals surface area contributed by atoms with E-state index in [1.54, 1.807) is 13.0 Å². The van der Waals surface area contributed by atoms with Crippen molar-refractivity contribution in [1.82, 2.24) is 4.90 Å². The van der Waals surface area contributed by atoms with Gasteiger partial charge in [-0.1, -0.05) is 18.7 Å². The van der Waals surface area contributed by atoms with Crippen LogP contribution in [0.2, 0.25) is 0 Å². The third-order valence-electron chi connectivity index (χ3n) is 5.14. The zero-order valence-corrected chi connectivity index (χ0v) is 14.1. The van der Waals surface area contributed by atoms with Gasteiger partial charge >= 0.3 is 11.9 Å². The van der Waals surface area contributed by atoms with E-state index in [4.69, 9.17) is 9.47 Å². The number of allylic oxidation sites excluding steroid dienone is 1. The zero-order valence-electron chi connectivity index (χ0n) is 14.1. The average Bonchev–Trinajstić information content (AvgIpc) is 3.12. The lowest BCUT2D eigenvalue weighted by Crippen LogP contribution is -2.42. The summed E-state index contributed by atoms with van der Waals surface area (Å²) < 4.78 is 11.1. The van der Waals surface area contributed by atoms with E-state index in [-0.39, 0.29) is 30.7 Å². The highest BCUT2D eigenvalue weighted by atomic mass is 16.6. The van der Waals surface area contributed by atoms with Gasteiger partial charge in [0.15, 0.2) is 5.60 Å². The van der Waals surface area contributed by atoms with Gasteiger partial charge < -0.3 is 14.6 Å². The molecule has 0 aromatic heterocycles. The number of nitrogens with zero attached hydrogens (tertiary/aromatic N) is 1. The summed E-state index contributed by atoms with van der Waals surface area (Å²) in [5, 5.41) is 10.5. The number of hydrogen-bond acceptors (Lipinski definition) is 6. The molecule has 1 N–H and O–H groups in total. The van der Waals surface area contributed by atoms with Crippen molar-refractivity contribution in [2.75, 3.05) is 19.7 Å². The maximum atomic E-state index is 12.5. The summed E-state index contributed by atoms with van der Waals surface area (Å²) in [6, 6.07) is -0.0487. The Bertz CT molecular complexity index is 646. The lowest BCUT2D eigenvalue weighted by molar-refractivity contribution is -0.160. The Labute approximate surface area is 141 Å². The molecule has 2 saturated heterocycles. The molecule has 0 radical (unpaired) electrons. The Hall–Kier alpha value is -1.92. The van der Waals surface area contributed by atoms with Crippen LogP contribution in [0.4, 0.5) is 0 Å². The van der Waals surface area contributed by atoms with Crippen LogP contribution in [0.1, 0.15) is 26.7 Å². The van der Waals surface area contributed by atoms with Gasteiger partial charge in [0.05, 0.1) is 6.04 Å². The minimum atomic E-state index is -1.85. The van der Waals surface area contributed by atoms with E-state index >= 15 is 0 Å². The maximum absolute atomic E-state index is 12.5. The normalized spacial score (nSPS) is 36.5. The number of aliphatic hydroxyl groups is 1. The van der Waals surface area contributed by atoms with E-state index in [0.717, 1.165) is 25.1 Å². The van der Waals surface area contributed by atoms with Crippen LogP contribution in [0.25, 0.3) is 0 Å². The van der Waals surface area contributed by atoms with Crippen molar-refractivity contribution in [1.29, 1.82) is 0 Å². The lowest BCUT2D eigenvalue weighted by Gasteiger charge is -2.28. The van der Waals surface area contributed by atoms with Crippen LogP contribution in [0.15, 0.2) is 35.5 Å². The van der Waals surface area contributed by atoms with Gasteiger partial charge in [-0.25, -0.2) is 9.59 Å². The molecule has 3 aliphatic rings. The van der Waals surface area contributed by atoms with Gasteiger partial charge in [-0.2, -0.15) is 0 Å². The predicted octanol–water partition coefficient (Wildman–Crippen LogP) is 1.11. The van der Waals surface area contributed by atoms with E-state index in [9.17, 15) is 14.7 Å². The largest absolute Gasteiger partial charge is 0.459 e. The van der Waals surface area contributed by atoms with Gasteiger partial charge in [0.1, 0.15) is 12.7 Å². The van der Waals surface area contributed by atoms with Gasteiger partial charge in [-0.15, -0.1) is 0 Å². The Morgan fingerprint density at radius 3 is 2.92 bits per heavy atom. The summed E-state index contributed by atoms with van der Waals surface area (Å²) in [5.41, 5.74) is -0.330. The molecule has 1 unspecified atom stereocenters. The summed E-state index contributed by atoms with van der Waals surface area (Å²) in [4.78, 5) is 27.0. The first-order valence-electron chi connectivity index (χ1n) is 8.21. The molecule has 0 aromatic carbocycles. The topological polar surface area (TPSA) is 76.1 Å². The molecule has 6 nitrogen and oxygen atoms in total. The van der Waals surface area contributed by atoms with Crippen molar-refractivity contribution in [3.05, 3.63) is 35.5 Å². The van der Waals surface area contributed by atoms with E-state index in [1.165, 1.54) is 6.92 Å². The van der Waals surface area contributed by atoms with Crippen molar-refractivity contribution in [3.63, 3.8) is 0 Å². The number of cyclic esters (lactones) is 1. The molecule has 0 spiro atoms. The summed E-state index contributed by atoms with van der Waals surface area (Å²) >= 11 is 0. The Morgan fingerprint density at radius 2 is 2.21 bits per heavy atom. The van der Waals surface area contributed by atoms with Crippen molar-refractivity contribution >= 4 is 11.9 Å². The predicted molar refractivity (Wildman–Crippen MR) is 87.0 cm³/mol. The maximum Gasteiger partial charge on any atom is 0.342 e. The Morgan fingerprint density at radius 1 is 1.46 bits per heavy atom. The molecule has 0 bridgehead atoms. The number of rotatable bonds is 0. The van der Waals surface area contributed by atoms with Gasteiger partial charge in [-0.05, 0) is 31.4 Å². The van der Waals surface area contributed by atoms with Crippen molar-refractivity contribution < 1.29 is 24.2 Å². The van der Waals surface area contributed by atoms with Crippen LogP contribution in [-0.4, -0.2) is 59.4 Å². The van der Waals surface area contributed by atoms with Crippen LogP contribution in [-0.2, 0) is 19.1 Å². The second kappa shape index (κ2) is 6.18. The highest BCUT2D eigenvalue weighted by Gasteiger charge is 2.44. The van der Waals surface area contributed by atoms with E-state index in [2.05, 4.69) is 11.5 Å². The summed E-state index contributed by atoms with van der Waals surface area (Å²) in [5.74, 6) is -1.16. The molecular weight excluding hydrogens is 310 g/mol. The number of esters is 2. The summed E-state index contributed by atoms with van der Waals surface area (Å²) in [6.45, 7) is 8.53. The number of ether oxygens (including phenoxy) is 2. The molecular formula is C18H23NO5. The van der Waals surface area contributed by atoms with Crippen LogP contribution in [0, 0.1) is 0 Å². The third-order valence-corrected chi connectivity index (χ3v) is 5.14. The second-order valence-corrected chi connectivity index (χ2v) is 6.69. The van der Waals surface area contributed by atoms with Gasteiger partial charge in [0, 0.05) is 25.1 Å². The van der Waals surface area contributed by atoms with Gasteiger partial charge in [-0.3, -0.25) is 4.90 Å². The van der Waals surface area contributed by atoms with Crippen LogP contribution in [0.5, 0.6) is 0 Å². The van der Waals surface area contributed by atoms with Crippen LogP contribution < -0.4 is 0 Å². The number of carbonyl (C=O) groups is 2. The first-order chi connectivity index (χ1) is 11.3. The zero-order chi connectivity index (χ0) is 17.5. The molecule has 24 heavy (non-hydrogen) atoms. The van der Waals surface area contributed by atoms with Gasteiger partial charge in [0.25, 0.3) is 0 Å². The Kier molecular flexibility index (Phi) is 4.36. The van der Waals surface area contributed by atoms with Gasteiger partial charge in [0.2, 0.25) is 0 Å². The Balaban J connectivity index is 1.92.